The van der Waals surface area contributed by atoms with Crippen LogP contribution in [-0.2, 0) is 18.5 Å². The van der Waals surface area contributed by atoms with E-state index in [1.54, 1.807) is 7.11 Å². The van der Waals surface area contributed by atoms with Crippen LogP contribution in [0.1, 0.15) is 57.9 Å². The van der Waals surface area contributed by atoms with Crippen LogP contribution in [0.4, 0.5) is 0 Å². The molecule has 1 N–H and O–H groups in total. The lowest BCUT2D eigenvalue weighted by Crippen LogP contribution is -2.36. The van der Waals surface area contributed by atoms with E-state index in [0.29, 0.717) is 12.5 Å². The summed E-state index contributed by atoms with van der Waals surface area (Å²) in [7, 11) is 1.64. The lowest BCUT2D eigenvalue weighted by Gasteiger charge is -2.26. The lowest BCUT2D eigenvalue weighted by molar-refractivity contribution is 0.0631. The van der Waals surface area contributed by atoms with E-state index in [2.05, 4.69) is 86.7 Å². The van der Waals surface area contributed by atoms with Crippen LogP contribution in [-0.4, -0.2) is 47.5 Å². The Balaban J connectivity index is 1.61. The van der Waals surface area contributed by atoms with Crippen molar-refractivity contribution >= 4 is 0 Å². The van der Waals surface area contributed by atoms with E-state index in [1.807, 2.05) is 24.3 Å². The third-order valence-electron chi connectivity index (χ3n) is 6.48. The van der Waals surface area contributed by atoms with E-state index in [4.69, 9.17) is 9.47 Å². The van der Waals surface area contributed by atoms with Gasteiger partial charge >= 0.3 is 0 Å². The fourth-order valence-electron chi connectivity index (χ4n) is 4.17. The van der Waals surface area contributed by atoms with E-state index < -0.39 is 6.10 Å². The molecule has 0 bridgehead atoms. The van der Waals surface area contributed by atoms with Crippen molar-refractivity contribution in [1.82, 2.24) is 9.47 Å². The molecule has 3 aromatic rings. The van der Waals surface area contributed by atoms with Crippen molar-refractivity contribution in [2.45, 2.75) is 65.6 Å². The minimum atomic E-state index is -0.576. The first-order valence-electron chi connectivity index (χ1n) is 13.0. The Morgan fingerprint density at radius 1 is 0.944 bits per heavy atom. The predicted octanol–water partition coefficient (Wildman–Crippen LogP) is 6.13. The summed E-state index contributed by atoms with van der Waals surface area (Å²) in [4.78, 5) is 2.34. The van der Waals surface area contributed by atoms with Gasteiger partial charge in [0.2, 0.25) is 0 Å². The standard InChI is InChI=1S/C31H44N2O3/c1-24(2)17-19-32(22-28(34)23-36-30-15-13-29(35-6)14-16-30)21-27-8-7-18-33(27)20-25-9-11-26(12-10-25)31(3,4)5/h7-16,18,24,28,34H,17,19-23H2,1-6H3. The zero-order valence-corrected chi connectivity index (χ0v) is 22.9. The summed E-state index contributed by atoms with van der Waals surface area (Å²) in [5.74, 6) is 2.12. The highest BCUT2D eigenvalue weighted by Crippen LogP contribution is 2.23. The number of aliphatic hydroxyl groups is 1. The average molecular weight is 493 g/mol. The van der Waals surface area contributed by atoms with Gasteiger partial charge in [-0.15, -0.1) is 0 Å². The fourth-order valence-corrected chi connectivity index (χ4v) is 4.17. The molecule has 0 fully saturated rings. The van der Waals surface area contributed by atoms with Gasteiger partial charge in [0.05, 0.1) is 7.11 Å². The molecule has 1 aromatic heterocycles. The van der Waals surface area contributed by atoms with Crippen molar-refractivity contribution in [1.29, 1.82) is 0 Å². The Labute approximate surface area is 217 Å². The van der Waals surface area contributed by atoms with Gasteiger partial charge in [0, 0.05) is 31.5 Å². The molecule has 0 aliphatic heterocycles. The van der Waals surface area contributed by atoms with Crippen LogP contribution in [0.2, 0.25) is 0 Å². The summed E-state index contributed by atoms with van der Waals surface area (Å²) in [5, 5.41) is 10.8. The zero-order valence-electron chi connectivity index (χ0n) is 22.9. The molecule has 36 heavy (non-hydrogen) atoms. The maximum absolute atomic E-state index is 10.8. The number of hydrogen-bond acceptors (Lipinski definition) is 4. The van der Waals surface area contributed by atoms with Crippen molar-refractivity contribution in [2.75, 3.05) is 26.8 Å². The summed E-state index contributed by atoms with van der Waals surface area (Å²) in [6.07, 6.45) is 2.66. The number of methoxy groups -OCH3 is 1. The molecule has 0 radical (unpaired) electrons. The molecule has 1 unspecified atom stereocenters. The van der Waals surface area contributed by atoms with E-state index >= 15 is 0 Å². The van der Waals surface area contributed by atoms with E-state index in [0.717, 1.165) is 37.6 Å². The number of ether oxygens (including phenoxy) is 2. The quantitative estimate of drug-likeness (QED) is 0.312. The van der Waals surface area contributed by atoms with Crippen molar-refractivity contribution < 1.29 is 14.6 Å². The molecule has 0 saturated heterocycles. The summed E-state index contributed by atoms with van der Waals surface area (Å²) in [6.45, 7) is 14.6. The Morgan fingerprint density at radius 2 is 1.61 bits per heavy atom. The summed E-state index contributed by atoms with van der Waals surface area (Å²) in [5.41, 5.74) is 4.06. The third-order valence-corrected chi connectivity index (χ3v) is 6.48. The highest BCUT2D eigenvalue weighted by atomic mass is 16.5. The van der Waals surface area contributed by atoms with Crippen LogP contribution in [0.5, 0.6) is 11.5 Å². The number of hydrogen-bond donors (Lipinski definition) is 1. The first-order valence-corrected chi connectivity index (χ1v) is 13.0. The molecular formula is C31H44N2O3. The van der Waals surface area contributed by atoms with E-state index in [1.165, 1.54) is 16.8 Å². The van der Waals surface area contributed by atoms with E-state index in [-0.39, 0.29) is 12.0 Å². The first-order chi connectivity index (χ1) is 17.1. The molecule has 0 amide bonds. The van der Waals surface area contributed by atoms with Crippen LogP contribution in [0.3, 0.4) is 0 Å². The molecular weight excluding hydrogens is 448 g/mol. The summed E-state index contributed by atoms with van der Waals surface area (Å²) in [6, 6.07) is 20.7. The zero-order chi connectivity index (χ0) is 26.1. The summed E-state index contributed by atoms with van der Waals surface area (Å²) < 4.78 is 13.3. The Bertz CT molecular complexity index is 1030. The number of nitrogens with zero attached hydrogens (tertiary/aromatic N) is 2. The van der Waals surface area contributed by atoms with Gasteiger partial charge in [0.25, 0.3) is 0 Å². The van der Waals surface area contributed by atoms with Gasteiger partial charge in [-0.25, -0.2) is 0 Å². The Morgan fingerprint density at radius 3 is 2.22 bits per heavy atom. The van der Waals surface area contributed by atoms with Gasteiger partial charge in [-0.3, -0.25) is 4.90 Å². The SMILES string of the molecule is COc1ccc(OCC(O)CN(CCC(C)C)Cc2cccn2Cc2ccc(C(C)(C)C)cc2)cc1. The maximum atomic E-state index is 10.8. The van der Waals surface area contributed by atoms with Crippen LogP contribution < -0.4 is 9.47 Å². The van der Waals surface area contributed by atoms with Gasteiger partial charge in [-0.05, 0) is 71.8 Å². The predicted molar refractivity (Wildman–Crippen MR) is 148 cm³/mol. The first kappa shape index (κ1) is 27.8. The van der Waals surface area contributed by atoms with Gasteiger partial charge in [0.1, 0.15) is 24.2 Å². The number of rotatable bonds is 13. The van der Waals surface area contributed by atoms with Crippen molar-refractivity contribution in [3.05, 3.63) is 83.7 Å². The lowest BCUT2D eigenvalue weighted by atomic mass is 9.87. The second-order valence-corrected chi connectivity index (χ2v) is 11.1. The highest BCUT2D eigenvalue weighted by Gasteiger charge is 2.16. The Kier molecular flexibility index (Phi) is 10.0. The monoisotopic (exact) mass is 492 g/mol. The smallest absolute Gasteiger partial charge is 0.119 e. The second-order valence-electron chi connectivity index (χ2n) is 11.1. The molecule has 5 heteroatoms. The average Bonchev–Trinajstić information content (AvgIpc) is 3.27. The van der Waals surface area contributed by atoms with Crippen molar-refractivity contribution in [2.24, 2.45) is 5.92 Å². The molecule has 0 aliphatic rings. The van der Waals surface area contributed by atoms with Gasteiger partial charge in [-0.2, -0.15) is 0 Å². The highest BCUT2D eigenvalue weighted by molar-refractivity contribution is 5.31. The van der Waals surface area contributed by atoms with Crippen LogP contribution in [0.15, 0.2) is 66.9 Å². The van der Waals surface area contributed by atoms with E-state index in [9.17, 15) is 5.11 Å². The molecule has 0 aliphatic carbocycles. The van der Waals surface area contributed by atoms with Gasteiger partial charge in [-0.1, -0.05) is 58.9 Å². The minimum absolute atomic E-state index is 0.159. The minimum Gasteiger partial charge on any atom is -0.497 e. The van der Waals surface area contributed by atoms with Gasteiger partial charge < -0.3 is 19.1 Å². The molecule has 3 rings (SSSR count). The molecule has 0 saturated carbocycles. The molecule has 1 atom stereocenters. The summed E-state index contributed by atoms with van der Waals surface area (Å²) >= 11 is 0. The van der Waals surface area contributed by atoms with Crippen molar-refractivity contribution in [3.8, 4) is 11.5 Å². The molecule has 2 aromatic carbocycles. The number of aliphatic hydroxyl groups excluding tert-OH is 1. The number of benzene rings is 2. The maximum Gasteiger partial charge on any atom is 0.119 e. The van der Waals surface area contributed by atoms with Crippen LogP contribution in [0.25, 0.3) is 0 Å². The topological polar surface area (TPSA) is 46.9 Å². The normalized spacial score (nSPS) is 12.8. The number of aromatic nitrogens is 1. The van der Waals surface area contributed by atoms with Gasteiger partial charge in [0.15, 0.2) is 0 Å². The van der Waals surface area contributed by atoms with Crippen LogP contribution >= 0.6 is 0 Å². The third kappa shape index (κ3) is 8.72. The largest absolute Gasteiger partial charge is 0.497 e. The molecule has 196 valence electrons. The molecule has 1 heterocycles. The van der Waals surface area contributed by atoms with Crippen LogP contribution in [0, 0.1) is 5.92 Å². The van der Waals surface area contributed by atoms with Crippen molar-refractivity contribution in [3.63, 3.8) is 0 Å². The molecule has 5 nitrogen and oxygen atoms in total. The fraction of sp³-hybridized carbons (Fsp3) is 0.484. The Hall–Kier alpha value is -2.76. The molecule has 0 spiro atoms. The second kappa shape index (κ2) is 13.0.